The number of thioether (sulfide) groups is 1. The molecule has 2 amide bonds. The monoisotopic (exact) mass is 550 g/mol. The highest BCUT2D eigenvalue weighted by molar-refractivity contribution is 8.00. The van der Waals surface area contributed by atoms with Crippen molar-refractivity contribution >= 4 is 56.0 Å². The third-order valence-electron chi connectivity index (χ3n) is 6.41. The van der Waals surface area contributed by atoms with Crippen molar-refractivity contribution in [2.45, 2.75) is 17.0 Å². The van der Waals surface area contributed by atoms with E-state index in [9.17, 15) is 18.0 Å². The number of hydrogen-bond donors (Lipinski definition) is 2. The summed E-state index contributed by atoms with van der Waals surface area (Å²) >= 11 is 1.13. The van der Waals surface area contributed by atoms with Gasteiger partial charge in [0, 0.05) is 44.5 Å². The molecule has 1 fully saturated rings. The molecule has 1 aromatic heterocycles. The number of rotatable bonds is 7. The Morgan fingerprint density at radius 3 is 2.26 bits per heavy atom. The number of aromatic nitrogens is 2. The average Bonchev–Trinajstić information content (AvgIpc) is 3.32. The van der Waals surface area contributed by atoms with Gasteiger partial charge in [0.25, 0.3) is 0 Å². The van der Waals surface area contributed by atoms with E-state index in [2.05, 4.69) is 15.2 Å². The number of benzene rings is 3. The molecule has 9 nitrogen and oxygen atoms in total. The molecule has 2 heterocycles. The highest BCUT2D eigenvalue weighted by atomic mass is 32.2. The van der Waals surface area contributed by atoms with Crippen LogP contribution in [0.3, 0.4) is 0 Å². The highest BCUT2D eigenvalue weighted by Gasteiger charge is 2.32. The SMILES string of the molecule is CC(=O)N1CCN(c2ccc(NC(=O)CSc3[nH]c4ccccc4[n+]3S(=O)(=O)c3ccccc3)cc2)CC1. The average molecular weight is 551 g/mol. The second-order valence-corrected chi connectivity index (χ2v) is 11.7. The number of nitrogens with zero attached hydrogens (tertiary/aromatic N) is 3. The Morgan fingerprint density at radius 1 is 0.921 bits per heavy atom. The van der Waals surface area contributed by atoms with E-state index >= 15 is 0 Å². The summed E-state index contributed by atoms with van der Waals surface area (Å²) in [5, 5.41) is 3.24. The van der Waals surface area contributed by atoms with Crippen LogP contribution >= 0.6 is 11.8 Å². The second-order valence-electron chi connectivity index (χ2n) is 8.91. The van der Waals surface area contributed by atoms with Crippen LogP contribution < -0.4 is 14.2 Å². The molecule has 3 aromatic carbocycles. The molecule has 196 valence electrons. The first-order chi connectivity index (χ1) is 18.3. The van der Waals surface area contributed by atoms with Crippen molar-refractivity contribution in [1.29, 1.82) is 0 Å². The minimum absolute atomic E-state index is 0.0197. The lowest BCUT2D eigenvalue weighted by molar-refractivity contribution is -0.526. The van der Waals surface area contributed by atoms with E-state index in [-0.39, 0.29) is 22.5 Å². The number of anilines is 2. The molecule has 11 heteroatoms. The smallest absolute Gasteiger partial charge is 0.336 e. The Kier molecular flexibility index (Phi) is 7.39. The van der Waals surface area contributed by atoms with Gasteiger partial charge in [-0.1, -0.05) is 30.3 Å². The predicted molar refractivity (Wildman–Crippen MR) is 148 cm³/mol. The first kappa shape index (κ1) is 25.8. The molecule has 0 atom stereocenters. The molecule has 0 unspecified atom stereocenters. The number of amides is 2. The Hall–Kier alpha value is -3.83. The first-order valence-corrected chi connectivity index (χ1v) is 14.6. The number of carbonyl (C=O) groups is 2. The zero-order chi connectivity index (χ0) is 26.7. The topological polar surface area (TPSA) is 106 Å². The predicted octanol–water partition coefficient (Wildman–Crippen LogP) is 3.09. The Labute approximate surface area is 225 Å². The van der Waals surface area contributed by atoms with E-state index in [1.165, 1.54) is 3.97 Å². The zero-order valence-corrected chi connectivity index (χ0v) is 22.5. The molecule has 5 rings (SSSR count). The van der Waals surface area contributed by atoms with Crippen molar-refractivity contribution in [3.8, 4) is 0 Å². The normalized spacial score (nSPS) is 14.0. The molecule has 1 aliphatic heterocycles. The summed E-state index contributed by atoms with van der Waals surface area (Å²) in [4.78, 5) is 31.7. The molecule has 38 heavy (non-hydrogen) atoms. The molecule has 0 radical (unpaired) electrons. The standard InChI is InChI=1S/C27H27N5O4S2/c1-20(33)30-15-17-31(18-16-30)22-13-11-21(12-14-22)28-26(34)19-37-27-29-24-9-5-6-10-25(24)32(27)38(35,36)23-7-3-2-4-8-23/h2-14H,15-19H2,1H3,(H,28,34)/p+1. The summed E-state index contributed by atoms with van der Waals surface area (Å²) in [6.45, 7) is 4.50. The lowest BCUT2D eigenvalue weighted by atomic mass is 10.2. The molecular weight excluding hydrogens is 522 g/mol. The lowest BCUT2D eigenvalue weighted by Gasteiger charge is -2.35. The van der Waals surface area contributed by atoms with Crippen LogP contribution in [0.15, 0.2) is 88.9 Å². The van der Waals surface area contributed by atoms with Crippen LogP contribution in [0.25, 0.3) is 11.0 Å². The summed E-state index contributed by atoms with van der Waals surface area (Å²) in [6, 6.07) is 23.0. The van der Waals surface area contributed by atoms with E-state index in [4.69, 9.17) is 0 Å². The zero-order valence-electron chi connectivity index (χ0n) is 20.8. The van der Waals surface area contributed by atoms with E-state index in [0.717, 1.165) is 30.5 Å². The number of hydrogen-bond acceptors (Lipinski definition) is 6. The third kappa shape index (κ3) is 5.39. The maximum Gasteiger partial charge on any atom is 0.336 e. The first-order valence-electron chi connectivity index (χ1n) is 12.2. The fraction of sp³-hybridized carbons (Fsp3) is 0.222. The van der Waals surface area contributed by atoms with Crippen molar-refractivity contribution in [2.75, 3.05) is 42.1 Å². The van der Waals surface area contributed by atoms with Gasteiger partial charge in [0.2, 0.25) is 11.8 Å². The van der Waals surface area contributed by atoms with Gasteiger partial charge in [0.05, 0.1) is 5.75 Å². The van der Waals surface area contributed by atoms with Crippen LogP contribution in [0.4, 0.5) is 11.4 Å². The van der Waals surface area contributed by atoms with Crippen molar-refractivity contribution in [1.82, 2.24) is 9.88 Å². The van der Waals surface area contributed by atoms with Gasteiger partial charge in [-0.15, -0.1) is 3.97 Å². The van der Waals surface area contributed by atoms with Crippen molar-refractivity contribution < 1.29 is 22.0 Å². The number of carbonyl (C=O) groups excluding carboxylic acids is 2. The number of aromatic amines is 1. The quantitative estimate of drug-likeness (QED) is 0.271. The molecule has 1 saturated heterocycles. The molecule has 4 aromatic rings. The van der Waals surface area contributed by atoms with Gasteiger partial charge in [-0.2, -0.15) is 8.42 Å². The fourth-order valence-electron chi connectivity index (χ4n) is 4.43. The maximum atomic E-state index is 13.5. The fourth-order valence-corrected chi connectivity index (χ4v) is 7.01. The summed E-state index contributed by atoms with van der Waals surface area (Å²) in [5.41, 5.74) is 2.86. The Bertz CT molecular complexity index is 1560. The van der Waals surface area contributed by atoms with E-state index in [0.29, 0.717) is 35.0 Å². The summed E-state index contributed by atoms with van der Waals surface area (Å²) < 4.78 is 28.2. The van der Waals surface area contributed by atoms with Crippen molar-refractivity contribution in [2.24, 2.45) is 0 Å². The second kappa shape index (κ2) is 10.9. The van der Waals surface area contributed by atoms with Gasteiger partial charge >= 0.3 is 15.2 Å². The highest BCUT2D eigenvalue weighted by Crippen LogP contribution is 2.23. The minimum atomic E-state index is -3.88. The van der Waals surface area contributed by atoms with Crippen LogP contribution in [0, 0.1) is 0 Å². The molecule has 2 N–H and O–H groups in total. The van der Waals surface area contributed by atoms with Gasteiger partial charge < -0.3 is 15.1 Å². The van der Waals surface area contributed by atoms with Crippen molar-refractivity contribution in [3.63, 3.8) is 0 Å². The van der Waals surface area contributed by atoms with E-state index < -0.39 is 10.0 Å². The van der Waals surface area contributed by atoms with Crippen LogP contribution in [-0.2, 0) is 19.6 Å². The number of para-hydroxylation sites is 2. The Balaban J connectivity index is 1.27. The van der Waals surface area contributed by atoms with Gasteiger partial charge in [-0.25, -0.2) is 4.98 Å². The molecular formula is C27H28N5O4S2+. The van der Waals surface area contributed by atoms with Gasteiger partial charge in [0.1, 0.15) is 4.90 Å². The van der Waals surface area contributed by atoms with E-state index in [1.807, 2.05) is 35.2 Å². The molecule has 0 aliphatic carbocycles. The number of imidazole rings is 1. The van der Waals surface area contributed by atoms with Gasteiger partial charge in [0.15, 0.2) is 11.0 Å². The largest absolute Gasteiger partial charge is 0.368 e. The summed E-state index contributed by atoms with van der Waals surface area (Å²) in [7, 11) is -3.88. The number of nitrogens with one attached hydrogen (secondary N) is 2. The van der Waals surface area contributed by atoms with Crippen LogP contribution in [0.5, 0.6) is 0 Å². The molecule has 1 aliphatic rings. The van der Waals surface area contributed by atoms with Crippen LogP contribution in [-0.4, -0.2) is 62.0 Å². The third-order valence-corrected chi connectivity index (χ3v) is 9.22. The number of piperazine rings is 1. The Morgan fingerprint density at radius 2 is 1.58 bits per heavy atom. The number of H-pyrrole nitrogens is 1. The molecule has 0 saturated carbocycles. The van der Waals surface area contributed by atoms with Gasteiger partial charge in [-0.05, 0) is 60.3 Å². The number of fused-ring (bicyclic) bond motifs is 1. The maximum absolute atomic E-state index is 13.5. The van der Waals surface area contributed by atoms with Crippen LogP contribution in [0.2, 0.25) is 0 Å². The van der Waals surface area contributed by atoms with Crippen LogP contribution in [0.1, 0.15) is 6.92 Å². The van der Waals surface area contributed by atoms with E-state index in [1.54, 1.807) is 55.5 Å². The minimum Gasteiger partial charge on any atom is -0.368 e. The summed E-state index contributed by atoms with van der Waals surface area (Å²) in [5.74, 6) is -0.136. The van der Waals surface area contributed by atoms with Gasteiger partial charge in [-0.3, -0.25) is 9.59 Å². The van der Waals surface area contributed by atoms with Crippen molar-refractivity contribution in [3.05, 3.63) is 78.9 Å². The molecule has 0 spiro atoms. The summed E-state index contributed by atoms with van der Waals surface area (Å²) in [6.07, 6.45) is 0. The molecule has 0 bridgehead atoms. The lowest BCUT2D eigenvalue weighted by Crippen LogP contribution is -2.48.